The van der Waals surface area contributed by atoms with Gasteiger partial charge in [-0.2, -0.15) is 5.10 Å². The fourth-order valence-corrected chi connectivity index (χ4v) is 4.23. The Labute approximate surface area is 187 Å². The predicted octanol–water partition coefficient (Wildman–Crippen LogP) is 3.76. The van der Waals surface area contributed by atoms with E-state index in [2.05, 4.69) is 26.6 Å². The van der Waals surface area contributed by atoms with E-state index in [1.54, 1.807) is 12.4 Å². The molecule has 8 heteroatoms. The summed E-state index contributed by atoms with van der Waals surface area (Å²) in [7, 11) is 0. The minimum Gasteiger partial charge on any atom is -0.466 e. The molecule has 4 rings (SSSR count). The minimum absolute atomic E-state index is 0.0889. The molecule has 0 amide bonds. The number of piperidine rings is 1. The van der Waals surface area contributed by atoms with Crippen molar-refractivity contribution in [3.05, 3.63) is 65.2 Å². The number of carbonyl (C=O) groups excluding carboxylic acids is 1. The summed E-state index contributed by atoms with van der Waals surface area (Å²) in [6.07, 6.45) is 5.35. The number of carbonyl (C=O) groups is 1. The van der Waals surface area contributed by atoms with Crippen LogP contribution in [0.25, 0.3) is 11.4 Å². The van der Waals surface area contributed by atoms with Crippen molar-refractivity contribution < 1.29 is 9.53 Å². The maximum Gasteiger partial charge on any atom is 0.310 e. The van der Waals surface area contributed by atoms with E-state index in [-0.39, 0.29) is 11.9 Å². The highest BCUT2D eigenvalue weighted by Gasteiger charge is 2.27. The first kappa shape index (κ1) is 21.4. The highest BCUT2D eigenvalue weighted by molar-refractivity contribution is 7.71. The summed E-state index contributed by atoms with van der Waals surface area (Å²) in [5.41, 5.74) is 2.13. The molecule has 0 saturated carbocycles. The van der Waals surface area contributed by atoms with Gasteiger partial charge in [-0.15, -0.1) is 0 Å². The number of esters is 1. The summed E-state index contributed by atoms with van der Waals surface area (Å²) in [4.78, 5) is 18.6. The SMILES string of the molecule is CCOC(=O)C1CCCN(Cn2nc(-c3ccncc3)n(Cc3ccccc3)c2=S)C1. The molecule has 7 nitrogen and oxygen atoms in total. The number of hydrogen-bond donors (Lipinski definition) is 0. The van der Waals surface area contributed by atoms with Crippen molar-refractivity contribution in [2.75, 3.05) is 19.7 Å². The Morgan fingerprint density at radius 3 is 2.71 bits per heavy atom. The van der Waals surface area contributed by atoms with Gasteiger partial charge in [-0.05, 0) is 56.2 Å². The Morgan fingerprint density at radius 1 is 1.19 bits per heavy atom. The first-order valence-corrected chi connectivity index (χ1v) is 11.1. The van der Waals surface area contributed by atoms with Gasteiger partial charge < -0.3 is 4.74 Å². The average Bonchev–Trinajstić information content (AvgIpc) is 3.10. The van der Waals surface area contributed by atoms with E-state index < -0.39 is 0 Å². The molecule has 1 aromatic carbocycles. The molecule has 1 aliphatic rings. The van der Waals surface area contributed by atoms with Crippen LogP contribution >= 0.6 is 12.2 Å². The molecule has 1 atom stereocenters. The normalized spacial score (nSPS) is 16.9. The zero-order valence-corrected chi connectivity index (χ0v) is 18.5. The van der Waals surface area contributed by atoms with Gasteiger partial charge in [0.05, 0.1) is 25.7 Å². The lowest BCUT2D eigenvalue weighted by Gasteiger charge is -2.31. The molecule has 1 saturated heterocycles. The lowest BCUT2D eigenvalue weighted by Crippen LogP contribution is -2.40. The molecule has 2 aromatic heterocycles. The van der Waals surface area contributed by atoms with Gasteiger partial charge in [0.25, 0.3) is 0 Å². The van der Waals surface area contributed by atoms with Crippen molar-refractivity contribution in [3.8, 4) is 11.4 Å². The molecule has 3 heterocycles. The first-order valence-electron chi connectivity index (χ1n) is 10.7. The van der Waals surface area contributed by atoms with E-state index in [4.69, 9.17) is 22.1 Å². The van der Waals surface area contributed by atoms with Gasteiger partial charge in [-0.1, -0.05) is 30.3 Å². The monoisotopic (exact) mass is 437 g/mol. The molecule has 0 N–H and O–H groups in total. The third-order valence-electron chi connectivity index (χ3n) is 5.50. The molecule has 3 aromatic rings. The zero-order valence-electron chi connectivity index (χ0n) is 17.7. The Balaban J connectivity index is 1.61. The average molecular weight is 438 g/mol. The van der Waals surface area contributed by atoms with Crippen molar-refractivity contribution in [3.63, 3.8) is 0 Å². The lowest BCUT2D eigenvalue weighted by molar-refractivity contribution is -0.150. The smallest absolute Gasteiger partial charge is 0.310 e. The quantitative estimate of drug-likeness (QED) is 0.414. The maximum absolute atomic E-state index is 12.2. The Kier molecular flexibility index (Phi) is 6.89. The fraction of sp³-hybridized carbons (Fsp3) is 0.391. The second kappa shape index (κ2) is 9.98. The molecule has 0 aliphatic carbocycles. The molecule has 31 heavy (non-hydrogen) atoms. The fourth-order valence-electron chi connectivity index (χ4n) is 3.98. The van der Waals surface area contributed by atoms with Crippen LogP contribution < -0.4 is 0 Å². The van der Waals surface area contributed by atoms with Crippen LogP contribution in [0.15, 0.2) is 54.9 Å². The molecule has 0 bridgehead atoms. The third kappa shape index (κ3) is 5.08. The maximum atomic E-state index is 12.2. The van der Waals surface area contributed by atoms with Crippen LogP contribution in [0.5, 0.6) is 0 Å². The Morgan fingerprint density at radius 2 is 1.97 bits per heavy atom. The highest BCUT2D eigenvalue weighted by Crippen LogP contribution is 2.22. The molecular weight excluding hydrogens is 410 g/mol. The molecule has 1 aliphatic heterocycles. The highest BCUT2D eigenvalue weighted by atomic mass is 32.1. The summed E-state index contributed by atoms with van der Waals surface area (Å²) in [5.74, 6) is 0.618. The number of benzene rings is 1. The van der Waals surface area contributed by atoms with E-state index in [9.17, 15) is 4.79 Å². The Hall–Kier alpha value is -2.84. The van der Waals surface area contributed by atoms with E-state index in [0.717, 1.165) is 36.3 Å². The number of ether oxygens (including phenoxy) is 1. The number of nitrogens with zero attached hydrogens (tertiary/aromatic N) is 5. The van der Waals surface area contributed by atoms with E-state index in [1.807, 2.05) is 41.9 Å². The largest absolute Gasteiger partial charge is 0.466 e. The van der Waals surface area contributed by atoms with Crippen LogP contribution in [0.3, 0.4) is 0 Å². The number of likely N-dealkylation sites (tertiary alicyclic amines) is 1. The second-order valence-corrected chi connectivity index (χ2v) is 8.09. The number of rotatable bonds is 7. The van der Waals surface area contributed by atoms with Crippen molar-refractivity contribution in [1.82, 2.24) is 24.2 Å². The van der Waals surface area contributed by atoms with E-state index in [1.165, 1.54) is 0 Å². The van der Waals surface area contributed by atoms with E-state index >= 15 is 0 Å². The van der Waals surface area contributed by atoms with Gasteiger partial charge in [-0.25, -0.2) is 4.68 Å². The topological polar surface area (TPSA) is 65.2 Å². The number of pyridine rings is 1. The van der Waals surface area contributed by atoms with Crippen LogP contribution in [0, 0.1) is 10.7 Å². The molecule has 162 valence electrons. The van der Waals surface area contributed by atoms with Crippen molar-refractivity contribution in [1.29, 1.82) is 0 Å². The molecule has 0 spiro atoms. The first-order chi connectivity index (χ1) is 15.2. The second-order valence-electron chi connectivity index (χ2n) is 7.72. The summed E-state index contributed by atoms with van der Waals surface area (Å²) in [6.45, 7) is 5.03. The van der Waals surface area contributed by atoms with Crippen molar-refractivity contribution in [2.24, 2.45) is 5.92 Å². The third-order valence-corrected chi connectivity index (χ3v) is 5.94. The van der Waals surface area contributed by atoms with Gasteiger partial charge in [0.1, 0.15) is 0 Å². The molecule has 1 fully saturated rings. The van der Waals surface area contributed by atoms with Crippen LogP contribution in [0.2, 0.25) is 0 Å². The summed E-state index contributed by atoms with van der Waals surface area (Å²) in [5, 5.41) is 4.87. The van der Waals surface area contributed by atoms with Crippen LogP contribution in [-0.2, 0) is 22.7 Å². The van der Waals surface area contributed by atoms with Crippen LogP contribution in [0.1, 0.15) is 25.3 Å². The van der Waals surface area contributed by atoms with Gasteiger partial charge >= 0.3 is 5.97 Å². The summed E-state index contributed by atoms with van der Waals surface area (Å²) < 4.78 is 9.82. The summed E-state index contributed by atoms with van der Waals surface area (Å²) in [6, 6.07) is 14.1. The molecular formula is C23H27N5O2S. The lowest BCUT2D eigenvalue weighted by atomic mass is 9.99. The standard InChI is InChI=1S/C23H27N5O2S/c1-2-30-22(29)20-9-6-14-26(16-20)17-28-23(31)27(15-18-7-4-3-5-8-18)21(25-28)19-10-12-24-13-11-19/h3-5,7-8,10-13,20H,2,6,9,14-17H2,1H3. The Bertz CT molecular complexity index is 1060. The summed E-state index contributed by atoms with van der Waals surface area (Å²) >= 11 is 5.83. The van der Waals surface area contributed by atoms with E-state index in [0.29, 0.717) is 31.1 Å². The number of aromatic nitrogens is 4. The van der Waals surface area contributed by atoms with Crippen molar-refractivity contribution in [2.45, 2.75) is 33.0 Å². The predicted molar refractivity (Wildman–Crippen MR) is 121 cm³/mol. The minimum atomic E-state index is -0.108. The number of hydrogen-bond acceptors (Lipinski definition) is 6. The van der Waals surface area contributed by atoms with Gasteiger partial charge in [0, 0.05) is 24.5 Å². The van der Waals surface area contributed by atoms with Gasteiger partial charge in [0.2, 0.25) is 0 Å². The molecule has 1 unspecified atom stereocenters. The van der Waals surface area contributed by atoms with Gasteiger partial charge in [-0.3, -0.25) is 19.2 Å². The van der Waals surface area contributed by atoms with Gasteiger partial charge in [0.15, 0.2) is 10.6 Å². The van der Waals surface area contributed by atoms with Crippen LogP contribution in [0.4, 0.5) is 0 Å². The van der Waals surface area contributed by atoms with Crippen LogP contribution in [-0.4, -0.2) is 49.9 Å². The molecule has 0 radical (unpaired) electrons. The van der Waals surface area contributed by atoms with Crippen molar-refractivity contribution >= 4 is 18.2 Å². The zero-order chi connectivity index (χ0) is 21.6.